The largest absolute Gasteiger partial charge is 0.387 e. The zero-order chi connectivity index (χ0) is 15.7. The molecule has 1 N–H and O–H groups in total. The molecule has 0 saturated carbocycles. The summed E-state index contributed by atoms with van der Waals surface area (Å²) in [6.45, 7) is 3.32. The summed E-state index contributed by atoms with van der Waals surface area (Å²) in [4.78, 5) is 2.28. The van der Waals surface area contributed by atoms with Crippen LogP contribution in [0, 0.1) is 0 Å². The molecule has 6 heteroatoms. The number of hydrogen-bond acceptors (Lipinski definition) is 4. The van der Waals surface area contributed by atoms with Gasteiger partial charge in [-0.2, -0.15) is 0 Å². The molecule has 0 unspecified atom stereocenters. The van der Waals surface area contributed by atoms with E-state index in [1.807, 2.05) is 18.2 Å². The monoisotopic (exact) mass is 324 g/mol. The minimum absolute atomic E-state index is 0.503. The predicted molar refractivity (Wildman–Crippen MR) is 87.6 cm³/mol. The molecule has 1 aromatic carbocycles. The molecule has 0 bridgehead atoms. The summed E-state index contributed by atoms with van der Waals surface area (Å²) in [5.41, 5.74) is 2.68. The van der Waals surface area contributed by atoms with Gasteiger partial charge in [-0.15, -0.1) is 0 Å². The van der Waals surface area contributed by atoms with Gasteiger partial charge in [0.2, 0.25) is 10.0 Å². The van der Waals surface area contributed by atoms with Gasteiger partial charge in [-0.1, -0.05) is 12.1 Å². The second-order valence-electron chi connectivity index (χ2n) is 6.35. The number of nitrogens with zero attached hydrogens (tertiary/aromatic N) is 2. The van der Waals surface area contributed by atoms with E-state index in [1.54, 1.807) is 0 Å². The molecular weight excluding hydrogens is 300 g/mol. The average molecular weight is 324 g/mol. The molecule has 0 amide bonds. The summed E-state index contributed by atoms with van der Waals surface area (Å²) >= 11 is 0. The predicted octanol–water partition coefficient (Wildman–Crippen LogP) is 1.53. The fourth-order valence-corrected chi connectivity index (χ4v) is 4.45. The van der Waals surface area contributed by atoms with E-state index in [2.05, 4.69) is 4.90 Å². The van der Waals surface area contributed by atoms with E-state index >= 15 is 0 Å². The SMILES string of the molecule is CS(=O)(=O)N1CCCc2cc([C@H](O)CN3CCCC3)ccc21. The molecule has 122 valence electrons. The van der Waals surface area contributed by atoms with Crippen LogP contribution >= 0.6 is 0 Å². The molecule has 2 aliphatic rings. The van der Waals surface area contributed by atoms with Crippen molar-refractivity contribution in [1.82, 2.24) is 4.90 Å². The maximum atomic E-state index is 11.9. The van der Waals surface area contributed by atoms with E-state index in [-0.39, 0.29) is 0 Å². The Bertz CT molecular complexity index is 639. The van der Waals surface area contributed by atoms with Crippen molar-refractivity contribution in [3.63, 3.8) is 0 Å². The number of sulfonamides is 1. The lowest BCUT2D eigenvalue weighted by atomic mass is 9.98. The lowest BCUT2D eigenvalue weighted by molar-refractivity contribution is 0.126. The van der Waals surface area contributed by atoms with Crippen LogP contribution in [0.25, 0.3) is 0 Å². The van der Waals surface area contributed by atoms with Gasteiger partial charge in [0.15, 0.2) is 0 Å². The van der Waals surface area contributed by atoms with Gasteiger partial charge in [0.05, 0.1) is 18.0 Å². The van der Waals surface area contributed by atoms with Gasteiger partial charge >= 0.3 is 0 Å². The van der Waals surface area contributed by atoms with E-state index in [4.69, 9.17) is 0 Å². The van der Waals surface area contributed by atoms with Crippen molar-refractivity contribution in [3.05, 3.63) is 29.3 Å². The number of anilines is 1. The number of benzene rings is 1. The van der Waals surface area contributed by atoms with Crippen molar-refractivity contribution < 1.29 is 13.5 Å². The first kappa shape index (κ1) is 15.8. The lowest BCUT2D eigenvalue weighted by Gasteiger charge is -2.30. The van der Waals surface area contributed by atoms with E-state index in [9.17, 15) is 13.5 Å². The highest BCUT2D eigenvalue weighted by Crippen LogP contribution is 2.31. The number of rotatable bonds is 4. The third-order valence-electron chi connectivity index (χ3n) is 4.59. The molecule has 2 aliphatic heterocycles. The Kier molecular flexibility index (Phi) is 4.43. The zero-order valence-electron chi connectivity index (χ0n) is 13.0. The van der Waals surface area contributed by atoms with Gasteiger partial charge in [0, 0.05) is 13.1 Å². The minimum Gasteiger partial charge on any atom is -0.387 e. The molecule has 0 aliphatic carbocycles. The quantitative estimate of drug-likeness (QED) is 0.912. The second-order valence-corrected chi connectivity index (χ2v) is 8.26. The zero-order valence-corrected chi connectivity index (χ0v) is 13.8. The molecule has 2 heterocycles. The molecule has 5 nitrogen and oxygen atoms in total. The fourth-order valence-electron chi connectivity index (χ4n) is 3.45. The molecule has 1 fully saturated rings. The summed E-state index contributed by atoms with van der Waals surface area (Å²) in [7, 11) is -3.23. The number of likely N-dealkylation sites (tertiary alicyclic amines) is 1. The van der Waals surface area contributed by atoms with E-state index in [0.29, 0.717) is 13.1 Å². The van der Waals surface area contributed by atoms with Crippen LogP contribution in [0.15, 0.2) is 18.2 Å². The number of β-amino-alcohol motifs (C(OH)–C–C–N with tert-alkyl or cyclic N) is 1. The smallest absolute Gasteiger partial charge is 0.232 e. The first-order valence-electron chi connectivity index (χ1n) is 7.96. The van der Waals surface area contributed by atoms with Crippen molar-refractivity contribution in [3.8, 4) is 0 Å². The molecule has 3 rings (SSSR count). The van der Waals surface area contributed by atoms with Gasteiger partial charge in [0.1, 0.15) is 0 Å². The first-order chi connectivity index (χ1) is 10.4. The summed E-state index contributed by atoms with van der Waals surface area (Å²) in [6.07, 6.45) is 4.85. The Morgan fingerprint density at radius 1 is 1.18 bits per heavy atom. The lowest BCUT2D eigenvalue weighted by Crippen LogP contribution is -2.34. The number of fused-ring (bicyclic) bond motifs is 1. The Hall–Kier alpha value is -1.11. The fraction of sp³-hybridized carbons (Fsp3) is 0.625. The van der Waals surface area contributed by atoms with Crippen LogP contribution in [0.5, 0.6) is 0 Å². The Morgan fingerprint density at radius 2 is 1.91 bits per heavy atom. The van der Waals surface area contributed by atoms with Crippen LogP contribution in [-0.4, -0.2) is 50.9 Å². The first-order valence-corrected chi connectivity index (χ1v) is 9.81. The van der Waals surface area contributed by atoms with Crippen LogP contribution < -0.4 is 4.31 Å². The molecule has 22 heavy (non-hydrogen) atoms. The Balaban J connectivity index is 1.81. The average Bonchev–Trinajstić information content (AvgIpc) is 2.98. The topological polar surface area (TPSA) is 60.9 Å². The molecule has 1 saturated heterocycles. The maximum Gasteiger partial charge on any atom is 0.232 e. The molecule has 0 aromatic heterocycles. The van der Waals surface area contributed by atoms with Crippen LogP contribution in [0.1, 0.15) is 36.5 Å². The third kappa shape index (κ3) is 3.29. The highest BCUT2D eigenvalue weighted by molar-refractivity contribution is 7.92. The van der Waals surface area contributed by atoms with Gasteiger partial charge in [0.25, 0.3) is 0 Å². The van der Waals surface area contributed by atoms with E-state index in [1.165, 1.54) is 23.4 Å². The number of hydrogen-bond donors (Lipinski definition) is 1. The number of aryl methyl sites for hydroxylation is 1. The molecule has 1 aromatic rings. The minimum atomic E-state index is -3.23. The normalized spacial score (nSPS) is 20.9. The molecule has 0 radical (unpaired) electrons. The maximum absolute atomic E-state index is 11.9. The molecule has 0 spiro atoms. The Morgan fingerprint density at radius 3 is 2.59 bits per heavy atom. The van der Waals surface area contributed by atoms with Gasteiger partial charge in [-0.3, -0.25) is 4.31 Å². The van der Waals surface area contributed by atoms with Gasteiger partial charge in [-0.25, -0.2) is 8.42 Å². The molecular formula is C16H24N2O3S. The third-order valence-corrected chi connectivity index (χ3v) is 5.77. The van der Waals surface area contributed by atoms with Crippen molar-refractivity contribution in [1.29, 1.82) is 0 Å². The summed E-state index contributed by atoms with van der Waals surface area (Å²) in [6, 6.07) is 5.69. The number of aliphatic hydroxyl groups is 1. The van der Waals surface area contributed by atoms with Crippen molar-refractivity contribution in [2.24, 2.45) is 0 Å². The van der Waals surface area contributed by atoms with Crippen LogP contribution in [-0.2, 0) is 16.4 Å². The highest BCUT2D eigenvalue weighted by atomic mass is 32.2. The highest BCUT2D eigenvalue weighted by Gasteiger charge is 2.25. The second kappa shape index (κ2) is 6.18. The van der Waals surface area contributed by atoms with E-state index in [0.717, 1.165) is 42.7 Å². The molecule has 1 atom stereocenters. The van der Waals surface area contributed by atoms with E-state index < -0.39 is 16.1 Å². The van der Waals surface area contributed by atoms with Crippen LogP contribution in [0.4, 0.5) is 5.69 Å². The van der Waals surface area contributed by atoms with Crippen LogP contribution in [0.3, 0.4) is 0 Å². The van der Waals surface area contributed by atoms with Gasteiger partial charge < -0.3 is 10.0 Å². The number of aliphatic hydroxyl groups excluding tert-OH is 1. The van der Waals surface area contributed by atoms with Crippen LogP contribution in [0.2, 0.25) is 0 Å². The van der Waals surface area contributed by atoms with Crippen molar-refractivity contribution >= 4 is 15.7 Å². The summed E-state index contributed by atoms with van der Waals surface area (Å²) in [5, 5.41) is 10.4. The van der Waals surface area contributed by atoms with Gasteiger partial charge in [-0.05, 0) is 56.0 Å². The van der Waals surface area contributed by atoms with Crippen molar-refractivity contribution in [2.75, 3.05) is 36.7 Å². The standard InChI is InChI=1S/C16H24N2O3S/c1-22(20,21)18-10-4-5-13-11-14(6-7-15(13)18)16(19)12-17-8-2-3-9-17/h6-7,11,16,19H,2-5,8-10,12H2,1H3/t16-/m1/s1. The Labute approximate surface area is 132 Å². The summed E-state index contributed by atoms with van der Waals surface area (Å²) in [5.74, 6) is 0. The summed E-state index contributed by atoms with van der Waals surface area (Å²) < 4.78 is 25.2. The van der Waals surface area contributed by atoms with Crippen molar-refractivity contribution in [2.45, 2.75) is 31.8 Å².